The van der Waals surface area contributed by atoms with E-state index in [1.807, 2.05) is 19.1 Å². The Kier molecular flexibility index (Phi) is 5.23. The number of carbonyl (C=O) groups is 1. The molecule has 4 heteroatoms. The lowest BCUT2D eigenvalue weighted by molar-refractivity contribution is -0.121. The van der Waals surface area contributed by atoms with Crippen LogP contribution in [0.4, 0.5) is 0 Å². The summed E-state index contributed by atoms with van der Waals surface area (Å²) in [6, 6.07) is 8.38. The van der Waals surface area contributed by atoms with Crippen LogP contribution in [-0.2, 0) is 11.3 Å². The van der Waals surface area contributed by atoms with Gasteiger partial charge in [0.25, 0.3) is 0 Å². The normalized spacial score (nSPS) is 17.4. The lowest BCUT2D eigenvalue weighted by Gasteiger charge is -2.32. The number of piperidine rings is 1. The summed E-state index contributed by atoms with van der Waals surface area (Å²) in [4.78, 5) is 13.8. The van der Waals surface area contributed by atoms with Crippen molar-refractivity contribution in [1.82, 2.24) is 10.2 Å². The number of nitrogens with one attached hydrogen (secondary N) is 1. The van der Waals surface area contributed by atoms with Crippen molar-refractivity contribution in [2.24, 2.45) is 0 Å². The van der Waals surface area contributed by atoms with Gasteiger partial charge in [-0.1, -0.05) is 30.7 Å². The number of halogens is 1. The van der Waals surface area contributed by atoms with Gasteiger partial charge in [-0.25, -0.2) is 0 Å². The Morgan fingerprint density at radius 3 is 2.53 bits per heavy atom. The second-order valence-corrected chi connectivity index (χ2v) is 5.53. The monoisotopic (exact) mass is 280 g/mol. The first-order valence-corrected chi connectivity index (χ1v) is 7.31. The molecule has 1 saturated heterocycles. The summed E-state index contributed by atoms with van der Waals surface area (Å²) in [5, 5.41) is 3.86. The molecule has 0 aliphatic carbocycles. The molecule has 2 rings (SSSR count). The molecule has 1 heterocycles. The molecular formula is C15H21ClN2O. The minimum Gasteiger partial charge on any atom is -0.353 e. The number of hydrogen-bond acceptors (Lipinski definition) is 2. The molecule has 1 aliphatic rings. The minimum absolute atomic E-state index is 0.163. The number of likely N-dealkylation sites (tertiary alicyclic amines) is 1. The number of benzene rings is 1. The van der Waals surface area contributed by atoms with Gasteiger partial charge in [-0.15, -0.1) is 0 Å². The maximum absolute atomic E-state index is 11.3. The van der Waals surface area contributed by atoms with Gasteiger partial charge in [0.15, 0.2) is 0 Å². The molecule has 0 aromatic heterocycles. The van der Waals surface area contributed by atoms with Crippen molar-refractivity contribution in [2.45, 2.75) is 38.8 Å². The van der Waals surface area contributed by atoms with E-state index in [2.05, 4.69) is 22.3 Å². The van der Waals surface area contributed by atoms with Crippen LogP contribution in [0, 0.1) is 0 Å². The summed E-state index contributed by atoms with van der Waals surface area (Å²) in [6.45, 7) is 4.94. The van der Waals surface area contributed by atoms with Crippen LogP contribution < -0.4 is 5.32 Å². The zero-order valence-corrected chi connectivity index (χ0v) is 12.1. The highest BCUT2D eigenvalue weighted by Crippen LogP contribution is 2.15. The Bertz CT molecular complexity index is 411. The lowest BCUT2D eigenvalue weighted by Crippen LogP contribution is -2.44. The quantitative estimate of drug-likeness (QED) is 0.920. The van der Waals surface area contributed by atoms with E-state index < -0.39 is 0 Å². The van der Waals surface area contributed by atoms with Crippen LogP contribution in [0.3, 0.4) is 0 Å². The third-order valence-corrected chi connectivity index (χ3v) is 3.85. The Balaban J connectivity index is 1.77. The summed E-state index contributed by atoms with van der Waals surface area (Å²) < 4.78 is 0. The third-order valence-electron chi connectivity index (χ3n) is 3.59. The molecule has 1 aromatic rings. The standard InChI is InChI=1S/C15H21ClN2O/c1-2-15(19)17-14-7-9-18(10-8-14)11-12-3-5-13(16)6-4-12/h3-6,14H,2,7-11H2,1H3,(H,17,19). The topological polar surface area (TPSA) is 32.3 Å². The number of hydrogen-bond donors (Lipinski definition) is 1. The zero-order chi connectivity index (χ0) is 13.7. The van der Waals surface area contributed by atoms with Crippen molar-refractivity contribution in [3.05, 3.63) is 34.9 Å². The Hall–Kier alpha value is -1.06. The zero-order valence-electron chi connectivity index (χ0n) is 11.4. The first kappa shape index (κ1) is 14.4. The predicted octanol–water partition coefficient (Wildman–Crippen LogP) is 2.83. The molecule has 104 valence electrons. The summed E-state index contributed by atoms with van der Waals surface area (Å²) in [5.41, 5.74) is 1.29. The van der Waals surface area contributed by atoms with Gasteiger partial charge >= 0.3 is 0 Å². The fourth-order valence-corrected chi connectivity index (χ4v) is 2.54. The Morgan fingerprint density at radius 2 is 1.95 bits per heavy atom. The molecule has 0 spiro atoms. The fourth-order valence-electron chi connectivity index (χ4n) is 2.41. The largest absolute Gasteiger partial charge is 0.353 e. The summed E-state index contributed by atoms with van der Waals surface area (Å²) in [7, 11) is 0. The summed E-state index contributed by atoms with van der Waals surface area (Å²) >= 11 is 5.88. The van der Waals surface area contributed by atoms with Gasteiger partial charge in [0.2, 0.25) is 5.91 Å². The lowest BCUT2D eigenvalue weighted by atomic mass is 10.0. The van der Waals surface area contributed by atoms with E-state index in [0.29, 0.717) is 12.5 Å². The average molecular weight is 281 g/mol. The maximum atomic E-state index is 11.3. The Labute approximate surface area is 119 Å². The maximum Gasteiger partial charge on any atom is 0.219 e. The molecule has 19 heavy (non-hydrogen) atoms. The first-order valence-electron chi connectivity index (χ1n) is 6.93. The van der Waals surface area contributed by atoms with Crippen LogP contribution in [0.2, 0.25) is 5.02 Å². The molecule has 1 N–H and O–H groups in total. The molecule has 0 radical (unpaired) electrons. The van der Waals surface area contributed by atoms with Crippen molar-refractivity contribution in [1.29, 1.82) is 0 Å². The van der Waals surface area contributed by atoms with Crippen LogP contribution >= 0.6 is 11.6 Å². The van der Waals surface area contributed by atoms with Gasteiger partial charge in [0.1, 0.15) is 0 Å². The van der Waals surface area contributed by atoms with Crippen LogP contribution in [-0.4, -0.2) is 29.9 Å². The molecule has 0 atom stereocenters. The molecule has 0 bridgehead atoms. The van der Waals surface area contributed by atoms with E-state index >= 15 is 0 Å². The van der Waals surface area contributed by atoms with E-state index in [-0.39, 0.29) is 5.91 Å². The predicted molar refractivity (Wildman–Crippen MR) is 78.2 cm³/mol. The molecular weight excluding hydrogens is 260 g/mol. The van der Waals surface area contributed by atoms with Gasteiger partial charge < -0.3 is 5.32 Å². The molecule has 0 saturated carbocycles. The highest BCUT2D eigenvalue weighted by molar-refractivity contribution is 6.30. The summed E-state index contributed by atoms with van der Waals surface area (Å²) in [6.07, 6.45) is 2.66. The molecule has 1 aliphatic heterocycles. The molecule has 3 nitrogen and oxygen atoms in total. The number of carbonyl (C=O) groups excluding carboxylic acids is 1. The molecule has 1 aromatic carbocycles. The number of nitrogens with zero attached hydrogens (tertiary/aromatic N) is 1. The van der Waals surface area contributed by atoms with Crippen molar-refractivity contribution in [3.8, 4) is 0 Å². The average Bonchev–Trinajstić information content (AvgIpc) is 2.43. The van der Waals surface area contributed by atoms with Crippen molar-refractivity contribution in [3.63, 3.8) is 0 Å². The van der Waals surface area contributed by atoms with Crippen LogP contribution in [0.5, 0.6) is 0 Å². The van der Waals surface area contributed by atoms with E-state index in [1.54, 1.807) is 0 Å². The Morgan fingerprint density at radius 1 is 1.32 bits per heavy atom. The van der Waals surface area contributed by atoms with Crippen molar-refractivity contribution >= 4 is 17.5 Å². The van der Waals surface area contributed by atoms with E-state index in [0.717, 1.165) is 37.5 Å². The first-order chi connectivity index (χ1) is 9.17. The van der Waals surface area contributed by atoms with Gasteiger partial charge in [-0.3, -0.25) is 9.69 Å². The van der Waals surface area contributed by atoms with Gasteiger partial charge in [0, 0.05) is 37.1 Å². The van der Waals surface area contributed by atoms with Gasteiger partial charge in [0.05, 0.1) is 0 Å². The summed E-state index contributed by atoms with van der Waals surface area (Å²) in [5.74, 6) is 0.163. The van der Waals surface area contributed by atoms with Crippen LogP contribution in [0.25, 0.3) is 0 Å². The number of rotatable bonds is 4. The molecule has 1 fully saturated rings. The minimum atomic E-state index is 0.163. The van der Waals surface area contributed by atoms with Gasteiger partial charge in [-0.2, -0.15) is 0 Å². The second-order valence-electron chi connectivity index (χ2n) is 5.10. The second kappa shape index (κ2) is 6.92. The highest BCUT2D eigenvalue weighted by atomic mass is 35.5. The smallest absolute Gasteiger partial charge is 0.219 e. The van der Waals surface area contributed by atoms with E-state index in [4.69, 9.17) is 11.6 Å². The van der Waals surface area contributed by atoms with Crippen molar-refractivity contribution < 1.29 is 4.79 Å². The van der Waals surface area contributed by atoms with Crippen LogP contribution in [0.1, 0.15) is 31.7 Å². The van der Waals surface area contributed by atoms with Gasteiger partial charge in [-0.05, 0) is 30.5 Å². The van der Waals surface area contributed by atoms with E-state index in [1.165, 1.54) is 5.56 Å². The van der Waals surface area contributed by atoms with Crippen LogP contribution in [0.15, 0.2) is 24.3 Å². The number of amides is 1. The SMILES string of the molecule is CCC(=O)NC1CCN(Cc2ccc(Cl)cc2)CC1. The molecule has 1 amide bonds. The molecule has 0 unspecified atom stereocenters. The van der Waals surface area contributed by atoms with Crippen molar-refractivity contribution in [2.75, 3.05) is 13.1 Å². The highest BCUT2D eigenvalue weighted by Gasteiger charge is 2.19. The van der Waals surface area contributed by atoms with E-state index in [9.17, 15) is 4.79 Å². The fraction of sp³-hybridized carbons (Fsp3) is 0.533. The third kappa shape index (κ3) is 4.51.